The molecule has 28 heavy (non-hydrogen) atoms. The normalized spacial score (nSPS) is 19.4. The molecule has 2 aromatic rings. The zero-order chi connectivity index (χ0) is 19.5. The summed E-state index contributed by atoms with van der Waals surface area (Å²) < 4.78 is 11.3. The molecule has 2 aromatic carbocycles. The lowest BCUT2D eigenvalue weighted by Crippen LogP contribution is -2.41. The van der Waals surface area contributed by atoms with Gasteiger partial charge in [0.25, 0.3) is 0 Å². The quantitative estimate of drug-likeness (QED) is 0.775. The number of hydrogen-bond acceptors (Lipinski definition) is 3. The van der Waals surface area contributed by atoms with E-state index in [1.54, 1.807) is 0 Å². The highest BCUT2D eigenvalue weighted by atomic mass is 35.5. The monoisotopic (exact) mass is 400 g/mol. The van der Waals surface area contributed by atoms with Crippen LogP contribution in [0.25, 0.3) is 0 Å². The summed E-state index contributed by atoms with van der Waals surface area (Å²) in [4.78, 5) is 15.0. The molecule has 0 aromatic heterocycles. The third-order valence-electron chi connectivity index (χ3n) is 5.44. The van der Waals surface area contributed by atoms with Gasteiger partial charge in [0.05, 0.1) is 12.1 Å². The fraction of sp³-hybridized carbons (Fsp3) is 0.409. The predicted octanol–water partition coefficient (Wildman–Crippen LogP) is 5.11. The van der Waals surface area contributed by atoms with Crippen molar-refractivity contribution in [3.05, 3.63) is 58.6 Å². The van der Waals surface area contributed by atoms with Crippen molar-refractivity contribution >= 4 is 17.6 Å². The van der Waals surface area contributed by atoms with Crippen LogP contribution in [0.5, 0.6) is 11.5 Å². The number of nitrogens with zero attached hydrogens (tertiary/aromatic N) is 1. The number of rotatable bonds is 4. The van der Waals surface area contributed by atoms with Crippen LogP contribution >= 0.6 is 11.6 Å². The van der Waals surface area contributed by atoms with Crippen LogP contribution in [0.3, 0.4) is 0 Å². The molecule has 2 amide bonds. The van der Waals surface area contributed by atoms with Crippen LogP contribution in [-0.2, 0) is 0 Å². The van der Waals surface area contributed by atoms with Gasteiger partial charge in [0.1, 0.15) is 13.2 Å². The highest BCUT2D eigenvalue weighted by molar-refractivity contribution is 6.30. The molecule has 1 N–H and O–H groups in total. The van der Waals surface area contributed by atoms with Crippen molar-refractivity contribution in [2.24, 2.45) is 0 Å². The molecule has 0 saturated carbocycles. The van der Waals surface area contributed by atoms with Gasteiger partial charge in [-0.05, 0) is 54.7 Å². The fourth-order valence-electron chi connectivity index (χ4n) is 3.97. The van der Waals surface area contributed by atoms with E-state index in [2.05, 4.69) is 12.2 Å². The number of urea groups is 1. The zero-order valence-corrected chi connectivity index (χ0v) is 16.7. The van der Waals surface area contributed by atoms with Crippen molar-refractivity contribution in [3.63, 3.8) is 0 Å². The summed E-state index contributed by atoms with van der Waals surface area (Å²) in [5.74, 6) is 1.54. The predicted molar refractivity (Wildman–Crippen MR) is 109 cm³/mol. The molecule has 0 spiro atoms. The third-order valence-corrected chi connectivity index (χ3v) is 5.69. The van der Waals surface area contributed by atoms with Crippen LogP contribution in [0, 0.1) is 0 Å². The molecule has 2 aliphatic rings. The Hall–Kier alpha value is -2.40. The summed E-state index contributed by atoms with van der Waals surface area (Å²) in [6.45, 7) is 3.96. The number of likely N-dealkylation sites (tertiary alicyclic amines) is 1. The molecule has 148 valence electrons. The minimum Gasteiger partial charge on any atom is -0.486 e. The van der Waals surface area contributed by atoms with Gasteiger partial charge in [-0.2, -0.15) is 0 Å². The van der Waals surface area contributed by atoms with Crippen LogP contribution in [0.1, 0.15) is 49.4 Å². The van der Waals surface area contributed by atoms with Gasteiger partial charge in [-0.15, -0.1) is 0 Å². The van der Waals surface area contributed by atoms with Crippen LogP contribution in [0.15, 0.2) is 42.5 Å². The fourth-order valence-corrected chi connectivity index (χ4v) is 4.10. The molecular formula is C22H25ClN2O3. The largest absolute Gasteiger partial charge is 0.486 e. The summed E-state index contributed by atoms with van der Waals surface area (Å²) in [6, 6.07) is 13.7. The molecule has 0 bridgehead atoms. The number of hydrogen-bond donors (Lipinski definition) is 1. The highest BCUT2D eigenvalue weighted by Gasteiger charge is 2.31. The van der Waals surface area contributed by atoms with E-state index < -0.39 is 0 Å². The maximum atomic E-state index is 13.1. The number of halogens is 1. The standard InChI is InChI=1S/C22H25ClN2O3/c1-2-18(15-5-8-17(23)9-6-15)24-22(26)25-11-3-4-19(25)16-7-10-20-21(14-16)28-13-12-27-20/h5-10,14,18-19H,2-4,11-13H2,1H3,(H,24,26)/t18-,19-/m0/s1. The van der Waals surface area contributed by atoms with E-state index in [9.17, 15) is 4.79 Å². The molecule has 1 saturated heterocycles. The second-order valence-electron chi connectivity index (χ2n) is 7.22. The van der Waals surface area contributed by atoms with Crippen molar-refractivity contribution < 1.29 is 14.3 Å². The maximum Gasteiger partial charge on any atom is 0.318 e. The van der Waals surface area contributed by atoms with E-state index in [4.69, 9.17) is 21.1 Å². The average Bonchev–Trinajstić information content (AvgIpc) is 3.22. The van der Waals surface area contributed by atoms with E-state index in [-0.39, 0.29) is 18.1 Å². The summed E-state index contributed by atoms with van der Waals surface area (Å²) in [5.41, 5.74) is 2.16. The van der Waals surface area contributed by atoms with Gasteiger partial charge in [-0.1, -0.05) is 36.7 Å². The van der Waals surface area contributed by atoms with E-state index >= 15 is 0 Å². The number of ether oxygens (including phenoxy) is 2. The van der Waals surface area contributed by atoms with Crippen molar-refractivity contribution in [3.8, 4) is 11.5 Å². The van der Waals surface area contributed by atoms with E-state index in [0.29, 0.717) is 18.2 Å². The maximum absolute atomic E-state index is 13.1. The first-order chi connectivity index (χ1) is 13.7. The van der Waals surface area contributed by atoms with Crippen LogP contribution in [-0.4, -0.2) is 30.7 Å². The molecule has 2 atom stereocenters. The van der Waals surface area contributed by atoms with Crippen LogP contribution < -0.4 is 14.8 Å². The second kappa shape index (κ2) is 8.31. The molecular weight excluding hydrogens is 376 g/mol. The van der Waals surface area contributed by atoms with Gasteiger partial charge >= 0.3 is 6.03 Å². The molecule has 0 unspecified atom stereocenters. The lowest BCUT2D eigenvalue weighted by atomic mass is 10.0. The third kappa shape index (κ3) is 3.90. The highest BCUT2D eigenvalue weighted by Crippen LogP contribution is 2.38. The Morgan fingerprint density at radius 3 is 2.68 bits per heavy atom. The van der Waals surface area contributed by atoms with Crippen LogP contribution in [0.2, 0.25) is 5.02 Å². The van der Waals surface area contributed by atoms with E-state index in [1.165, 1.54) is 0 Å². The Balaban J connectivity index is 1.49. The summed E-state index contributed by atoms with van der Waals surface area (Å²) in [6.07, 6.45) is 2.75. The Kier molecular flexibility index (Phi) is 5.62. The Morgan fingerprint density at radius 2 is 1.93 bits per heavy atom. The molecule has 2 aliphatic heterocycles. The molecule has 4 rings (SSSR count). The topological polar surface area (TPSA) is 50.8 Å². The molecule has 0 aliphatic carbocycles. The van der Waals surface area contributed by atoms with Crippen molar-refractivity contribution in [1.82, 2.24) is 10.2 Å². The van der Waals surface area contributed by atoms with Gasteiger partial charge < -0.3 is 19.7 Å². The smallest absolute Gasteiger partial charge is 0.318 e. The van der Waals surface area contributed by atoms with Crippen molar-refractivity contribution in [1.29, 1.82) is 0 Å². The molecule has 2 heterocycles. The number of carbonyl (C=O) groups excluding carboxylic acids is 1. The minimum absolute atomic E-state index is 0.0285. The van der Waals surface area contributed by atoms with E-state index in [0.717, 1.165) is 48.4 Å². The Bertz CT molecular complexity index is 840. The van der Waals surface area contributed by atoms with E-state index in [1.807, 2.05) is 47.4 Å². The lowest BCUT2D eigenvalue weighted by Gasteiger charge is -2.29. The lowest BCUT2D eigenvalue weighted by molar-refractivity contribution is 0.170. The number of nitrogens with one attached hydrogen (secondary N) is 1. The van der Waals surface area contributed by atoms with Gasteiger partial charge in [0, 0.05) is 11.6 Å². The van der Waals surface area contributed by atoms with Gasteiger partial charge in [0.2, 0.25) is 0 Å². The van der Waals surface area contributed by atoms with Crippen molar-refractivity contribution in [2.75, 3.05) is 19.8 Å². The van der Waals surface area contributed by atoms with Gasteiger partial charge in [-0.25, -0.2) is 4.79 Å². The number of carbonyl (C=O) groups is 1. The average molecular weight is 401 g/mol. The number of fused-ring (bicyclic) bond motifs is 1. The molecule has 6 heteroatoms. The SMILES string of the molecule is CC[C@H](NC(=O)N1CCC[C@H]1c1ccc2c(c1)OCCO2)c1ccc(Cl)cc1. The first-order valence-corrected chi connectivity index (χ1v) is 10.3. The Labute approximate surface area is 170 Å². The summed E-state index contributed by atoms with van der Waals surface area (Å²) in [7, 11) is 0. The summed E-state index contributed by atoms with van der Waals surface area (Å²) >= 11 is 5.99. The Morgan fingerprint density at radius 1 is 1.18 bits per heavy atom. The van der Waals surface area contributed by atoms with Gasteiger partial charge in [-0.3, -0.25) is 0 Å². The molecule has 5 nitrogen and oxygen atoms in total. The van der Waals surface area contributed by atoms with Crippen molar-refractivity contribution in [2.45, 2.75) is 38.3 Å². The number of amides is 2. The first-order valence-electron chi connectivity index (χ1n) is 9.88. The summed E-state index contributed by atoms with van der Waals surface area (Å²) in [5, 5.41) is 3.89. The second-order valence-corrected chi connectivity index (χ2v) is 7.65. The zero-order valence-electron chi connectivity index (χ0n) is 16.0. The number of benzene rings is 2. The molecule has 0 radical (unpaired) electrons. The molecule has 1 fully saturated rings. The minimum atomic E-state index is -0.0358. The first kappa shape index (κ1) is 18.9. The van der Waals surface area contributed by atoms with Gasteiger partial charge in [0.15, 0.2) is 11.5 Å². The van der Waals surface area contributed by atoms with Crippen LogP contribution in [0.4, 0.5) is 4.79 Å².